The zero-order valence-corrected chi connectivity index (χ0v) is 13.9. The summed E-state index contributed by atoms with van der Waals surface area (Å²) in [5.41, 5.74) is 4.21. The molecule has 0 saturated carbocycles. The minimum Gasteiger partial charge on any atom is -0.508 e. The van der Waals surface area contributed by atoms with E-state index in [0.29, 0.717) is 11.2 Å². The molecule has 5 heteroatoms. The minimum atomic E-state index is 0.198. The number of phenolic OH excluding ortho intramolecular Hbond substituents is 1. The molecule has 0 bridgehead atoms. The Kier molecular flexibility index (Phi) is 3.33. The van der Waals surface area contributed by atoms with E-state index in [1.807, 2.05) is 54.8 Å². The van der Waals surface area contributed by atoms with Crippen molar-refractivity contribution in [2.24, 2.45) is 0 Å². The highest BCUT2D eigenvalue weighted by molar-refractivity contribution is 5.89. The molecule has 0 saturated heterocycles. The number of benzene rings is 1. The molecule has 122 valence electrons. The predicted octanol–water partition coefficient (Wildman–Crippen LogP) is 4.01. The van der Waals surface area contributed by atoms with Crippen molar-refractivity contribution in [3.8, 4) is 23.3 Å². The van der Waals surface area contributed by atoms with Crippen molar-refractivity contribution in [2.45, 2.75) is 13.8 Å². The molecule has 0 aliphatic carbocycles. The molecule has 4 rings (SSSR count). The van der Waals surface area contributed by atoms with Crippen LogP contribution in [0, 0.1) is 25.2 Å². The predicted molar refractivity (Wildman–Crippen MR) is 96.3 cm³/mol. The molecule has 0 aliphatic heterocycles. The molecule has 0 fully saturated rings. The maximum absolute atomic E-state index is 9.86. The van der Waals surface area contributed by atoms with Gasteiger partial charge in [0.25, 0.3) is 0 Å². The van der Waals surface area contributed by atoms with Crippen LogP contribution in [0.3, 0.4) is 0 Å². The van der Waals surface area contributed by atoms with Gasteiger partial charge in [0.2, 0.25) is 0 Å². The van der Waals surface area contributed by atoms with Crippen LogP contribution in [0.25, 0.3) is 22.5 Å². The highest BCUT2D eigenvalue weighted by Crippen LogP contribution is 2.32. The Labute approximate surface area is 145 Å². The number of pyridine rings is 1. The molecule has 1 aromatic carbocycles. The van der Waals surface area contributed by atoms with Crippen LogP contribution in [0.5, 0.6) is 5.75 Å². The molecule has 0 unspecified atom stereocenters. The van der Waals surface area contributed by atoms with Crippen molar-refractivity contribution >= 4 is 11.0 Å². The number of nitrogens with zero attached hydrogens (tertiary/aromatic N) is 4. The van der Waals surface area contributed by atoms with Crippen molar-refractivity contribution in [1.82, 2.24) is 14.1 Å². The normalized spacial score (nSPS) is 10.9. The zero-order chi connectivity index (χ0) is 17.6. The van der Waals surface area contributed by atoms with E-state index in [9.17, 15) is 10.4 Å². The molecular weight excluding hydrogens is 312 g/mol. The van der Waals surface area contributed by atoms with E-state index in [-0.39, 0.29) is 5.75 Å². The van der Waals surface area contributed by atoms with Gasteiger partial charge in [-0.15, -0.1) is 0 Å². The highest BCUT2D eigenvalue weighted by Gasteiger charge is 2.22. The molecule has 0 amide bonds. The highest BCUT2D eigenvalue weighted by atomic mass is 16.3. The van der Waals surface area contributed by atoms with Gasteiger partial charge in [0, 0.05) is 28.7 Å². The number of phenols is 1. The summed E-state index contributed by atoms with van der Waals surface area (Å²) in [7, 11) is 0. The van der Waals surface area contributed by atoms with Crippen LogP contribution in [0.1, 0.15) is 17.0 Å². The number of nitriles is 1. The van der Waals surface area contributed by atoms with Gasteiger partial charge in [-0.1, -0.05) is 0 Å². The average molecular weight is 328 g/mol. The van der Waals surface area contributed by atoms with Crippen LogP contribution in [0.15, 0.2) is 54.7 Å². The van der Waals surface area contributed by atoms with Crippen LogP contribution >= 0.6 is 0 Å². The van der Waals surface area contributed by atoms with Crippen LogP contribution in [0.2, 0.25) is 0 Å². The van der Waals surface area contributed by atoms with Crippen molar-refractivity contribution < 1.29 is 5.11 Å². The quantitative estimate of drug-likeness (QED) is 0.604. The molecule has 4 aromatic rings. The Hall–Kier alpha value is -3.52. The smallest absolute Gasteiger partial charge is 0.147 e. The maximum atomic E-state index is 9.86. The summed E-state index contributed by atoms with van der Waals surface area (Å²) >= 11 is 0. The first-order valence-electron chi connectivity index (χ1n) is 7.96. The number of rotatable bonds is 2. The lowest BCUT2D eigenvalue weighted by Crippen LogP contribution is -2.08. The Morgan fingerprint density at radius 1 is 0.960 bits per heavy atom. The first-order chi connectivity index (χ1) is 12.1. The third kappa shape index (κ3) is 2.19. The van der Waals surface area contributed by atoms with E-state index in [2.05, 4.69) is 15.6 Å². The Morgan fingerprint density at radius 3 is 2.28 bits per heavy atom. The number of aryl methyl sites for hydroxylation is 2. The van der Waals surface area contributed by atoms with Gasteiger partial charge in [-0.25, -0.2) is 4.98 Å². The van der Waals surface area contributed by atoms with Gasteiger partial charge < -0.3 is 9.67 Å². The first-order valence-corrected chi connectivity index (χ1v) is 7.96. The number of hydrogen-bond acceptors (Lipinski definition) is 3. The SMILES string of the molecule is Cc1ccc(C)n1-c1c(C#N)c2cccnc2n1-c1ccc(O)cc1. The first kappa shape index (κ1) is 15.0. The minimum absolute atomic E-state index is 0.198. The molecule has 0 atom stereocenters. The molecule has 0 aliphatic rings. The van der Waals surface area contributed by atoms with E-state index >= 15 is 0 Å². The largest absolute Gasteiger partial charge is 0.508 e. The summed E-state index contributed by atoms with van der Waals surface area (Å²) < 4.78 is 4.03. The molecule has 0 radical (unpaired) electrons. The monoisotopic (exact) mass is 328 g/mol. The molecule has 25 heavy (non-hydrogen) atoms. The van der Waals surface area contributed by atoms with Gasteiger partial charge in [0.05, 0.1) is 0 Å². The van der Waals surface area contributed by atoms with Crippen molar-refractivity contribution in [1.29, 1.82) is 5.26 Å². The lowest BCUT2D eigenvalue weighted by molar-refractivity contribution is 0.475. The van der Waals surface area contributed by atoms with E-state index in [0.717, 1.165) is 28.3 Å². The second kappa shape index (κ2) is 5.53. The Balaban J connectivity index is 2.19. The van der Waals surface area contributed by atoms with Crippen molar-refractivity contribution in [3.63, 3.8) is 0 Å². The number of hydrogen-bond donors (Lipinski definition) is 1. The van der Waals surface area contributed by atoms with Crippen molar-refractivity contribution in [2.75, 3.05) is 0 Å². The Morgan fingerprint density at radius 2 is 1.64 bits per heavy atom. The maximum Gasteiger partial charge on any atom is 0.147 e. The lowest BCUT2D eigenvalue weighted by Gasteiger charge is -2.15. The molecule has 3 aromatic heterocycles. The second-order valence-electron chi connectivity index (χ2n) is 5.99. The zero-order valence-electron chi connectivity index (χ0n) is 13.9. The summed E-state index contributed by atoms with van der Waals surface area (Å²) in [4.78, 5) is 4.51. The lowest BCUT2D eigenvalue weighted by atomic mass is 10.2. The standard InChI is InChI=1S/C20H16N4O/c1-13-5-6-14(2)23(13)20-18(12-21)17-4-3-11-22-19(17)24(20)15-7-9-16(25)10-8-15/h3-11,25H,1-2H3. The van der Waals surface area contributed by atoms with Gasteiger partial charge in [0.1, 0.15) is 28.8 Å². The van der Waals surface area contributed by atoms with Gasteiger partial charge in [-0.3, -0.25) is 4.57 Å². The van der Waals surface area contributed by atoms with E-state index in [1.54, 1.807) is 18.3 Å². The molecular formula is C20H16N4O. The fraction of sp³-hybridized carbons (Fsp3) is 0.100. The second-order valence-corrected chi connectivity index (χ2v) is 5.99. The van der Waals surface area contributed by atoms with E-state index in [1.165, 1.54) is 0 Å². The van der Waals surface area contributed by atoms with Gasteiger partial charge in [0.15, 0.2) is 0 Å². The average Bonchev–Trinajstić information content (AvgIpc) is 3.12. The van der Waals surface area contributed by atoms with Gasteiger partial charge >= 0.3 is 0 Å². The third-order valence-electron chi connectivity index (χ3n) is 4.41. The van der Waals surface area contributed by atoms with E-state index in [4.69, 9.17) is 0 Å². The fourth-order valence-electron chi connectivity index (χ4n) is 3.27. The van der Waals surface area contributed by atoms with Gasteiger partial charge in [-0.05, 0) is 62.4 Å². The molecule has 5 nitrogen and oxygen atoms in total. The number of aromatic hydroxyl groups is 1. The number of aromatic nitrogens is 3. The topological polar surface area (TPSA) is 66.8 Å². The van der Waals surface area contributed by atoms with Crippen LogP contribution in [0.4, 0.5) is 0 Å². The van der Waals surface area contributed by atoms with Crippen LogP contribution in [-0.4, -0.2) is 19.2 Å². The van der Waals surface area contributed by atoms with Crippen LogP contribution < -0.4 is 0 Å². The van der Waals surface area contributed by atoms with Crippen molar-refractivity contribution in [3.05, 3.63) is 71.7 Å². The van der Waals surface area contributed by atoms with Gasteiger partial charge in [-0.2, -0.15) is 5.26 Å². The summed E-state index contributed by atoms with van der Waals surface area (Å²) in [6.45, 7) is 4.03. The fourth-order valence-corrected chi connectivity index (χ4v) is 3.27. The molecule has 0 spiro atoms. The molecule has 1 N–H and O–H groups in total. The summed E-state index contributed by atoms with van der Waals surface area (Å²) in [5, 5.41) is 20.3. The summed E-state index contributed by atoms with van der Waals surface area (Å²) in [6, 6.07) is 17.1. The number of fused-ring (bicyclic) bond motifs is 1. The summed E-state index contributed by atoms with van der Waals surface area (Å²) in [6.07, 6.45) is 1.72. The van der Waals surface area contributed by atoms with E-state index < -0.39 is 0 Å². The summed E-state index contributed by atoms with van der Waals surface area (Å²) in [5.74, 6) is 0.963. The third-order valence-corrected chi connectivity index (χ3v) is 4.41. The Bertz CT molecular complexity index is 1110. The van der Waals surface area contributed by atoms with Crippen LogP contribution in [-0.2, 0) is 0 Å². The molecule has 3 heterocycles.